The standard InChI is InChI=1S/C15H25N3/c1-9-13(10(2)18-17-9)16-12-8-11-6-7-15(12,5)14(11,3)4/h11-12,16H,6-8H2,1-5H3,(H,17,18). The van der Waals surface area contributed by atoms with E-state index in [0.717, 1.165) is 17.3 Å². The monoisotopic (exact) mass is 247 g/mol. The van der Waals surface area contributed by atoms with E-state index in [0.29, 0.717) is 16.9 Å². The molecule has 3 heteroatoms. The van der Waals surface area contributed by atoms with Crippen molar-refractivity contribution in [1.82, 2.24) is 10.2 Å². The van der Waals surface area contributed by atoms with Crippen molar-refractivity contribution in [2.75, 3.05) is 5.32 Å². The number of hydrogen-bond acceptors (Lipinski definition) is 2. The normalized spacial score (nSPS) is 37.2. The van der Waals surface area contributed by atoms with Gasteiger partial charge in [0, 0.05) is 6.04 Å². The van der Waals surface area contributed by atoms with Gasteiger partial charge in [-0.15, -0.1) is 0 Å². The first-order chi connectivity index (χ1) is 8.36. The highest BCUT2D eigenvalue weighted by molar-refractivity contribution is 5.53. The van der Waals surface area contributed by atoms with Gasteiger partial charge >= 0.3 is 0 Å². The Morgan fingerprint density at radius 2 is 2.00 bits per heavy atom. The van der Waals surface area contributed by atoms with Gasteiger partial charge in [-0.2, -0.15) is 5.10 Å². The highest BCUT2D eigenvalue weighted by Gasteiger charge is 2.61. The van der Waals surface area contributed by atoms with Gasteiger partial charge < -0.3 is 5.32 Å². The maximum atomic E-state index is 4.29. The average molecular weight is 247 g/mol. The second kappa shape index (κ2) is 3.52. The molecule has 0 amide bonds. The lowest BCUT2D eigenvalue weighted by Crippen LogP contribution is -2.40. The lowest BCUT2D eigenvalue weighted by molar-refractivity contribution is 0.142. The lowest BCUT2D eigenvalue weighted by Gasteiger charge is -2.40. The Kier molecular flexibility index (Phi) is 2.36. The molecule has 2 bridgehead atoms. The Bertz CT molecular complexity index is 455. The topological polar surface area (TPSA) is 40.7 Å². The van der Waals surface area contributed by atoms with E-state index in [1.54, 1.807) is 0 Å². The van der Waals surface area contributed by atoms with Crippen LogP contribution in [0, 0.1) is 30.6 Å². The Morgan fingerprint density at radius 1 is 1.28 bits per heavy atom. The third-order valence-electron chi connectivity index (χ3n) is 6.24. The quantitative estimate of drug-likeness (QED) is 0.837. The first kappa shape index (κ1) is 12.1. The molecule has 3 rings (SSSR count). The van der Waals surface area contributed by atoms with Gasteiger partial charge in [-0.05, 0) is 49.9 Å². The van der Waals surface area contributed by atoms with E-state index in [4.69, 9.17) is 0 Å². The summed E-state index contributed by atoms with van der Waals surface area (Å²) in [6.45, 7) is 11.6. The van der Waals surface area contributed by atoms with Crippen molar-refractivity contribution in [3.63, 3.8) is 0 Å². The second-order valence-corrected chi connectivity index (χ2v) is 7.12. The third kappa shape index (κ3) is 1.33. The molecule has 0 aromatic carbocycles. The lowest BCUT2D eigenvalue weighted by atomic mass is 9.69. The Morgan fingerprint density at radius 3 is 2.44 bits per heavy atom. The summed E-state index contributed by atoms with van der Waals surface area (Å²) in [6.07, 6.45) is 4.08. The summed E-state index contributed by atoms with van der Waals surface area (Å²) in [5.74, 6) is 0.882. The zero-order chi connectivity index (χ0) is 13.1. The number of aromatic amines is 1. The zero-order valence-electron chi connectivity index (χ0n) is 12.2. The highest BCUT2D eigenvalue weighted by atomic mass is 15.2. The van der Waals surface area contributed by atoms with E-state index in [-0.39, 0.29) is 0 Å². The minimum atomic E-state index is 0.424. The molecule has 2 fully saturated rings. The fourth-order valence-corrected chi connectivity index (χ4v) is 4.36. The molecule has 3 nitrogen and oxygen atoms in total. The first-order valence-corrected chi connectivity index (χ1v) is 7.14. The third-order valence-corrected chi connectivity index (χ3v) is 6.24. The number of aryl methyl sites for hydroxylation is 2. The predicted molar refractivity (Wildman–Crippen MR) is 74.7 cm³/mol. The van der Waals surface area contributed by atoms with Crippen LogP contribution in [0.25, 0.3) is 0 Å². The number of rotatable bonds is 2. The number of anilines is 1. The van der Waals surface area contributed by atoms with Crippen LogP contribution in [-0.4, -0.2) is 16.2 Å². The van der Waals surface area contributed by atoms with E-state index >= 15 is 0 Å². The summed E-state index contributed by atoms with van der Waals surface area (Å²) in [5, 5.41) is 11.2. The molecule has 3 atom stereocenters. The smallest absolute Gasteiger partial charge is 0.0825 e. The van der Waals surface area contributed by atoms with Crippen LogP contribution in [0.5, 0.6) is 0 Å². The minimum absolute atomic E-state index is 0.424. The highest BCUT2D eigenvalue weighted by Crippen LogP contribution is 2.65. The molecular weight excluding hydrogens is 222 g/mol. The molecule has 2 N–H and O–H groups in total. The molecule has 0 radical (unpaired) electrons. The molecule has 18 heavy (non-hydrogen) atoms. The first-order valence-electron chi connectivity index (χ1n) is 7.14. The molecule has 0 aliphatic heterocycles. The van der Waals surface area contributed by atoms with Crippen molar-refractivity contribution >= 4 is 5.69 Å². The fraction of sp³-hybridized carbons (Fsp3) is 0.800. The van der Waals surface area contributed by atoms with E-state index in [1.165, 1.54) is 24.9 Å². The Hall–Kier alpha value is -0.990. The van der Waals surface area contributed by atoms with Crippen LogP contribution in [0.15, 0.2) is 0 Å². The van der Waals surface area contributed by atoms with Crippen LogP contribution < -0.4 is 5.32 Å². The van der Waals surface area contributed by atoms with Gasteiger partial charge in [0.15, 0.2) is 0 Å². The van der Waals surface area contributed by atoms with Crippen LogP contribution in [0.2, 0.25) is 0 Å². The van der Waals surface area contributed by atoms with E-state index in [1.807, 2.05) is 0 Å². The molecule has 2 saturated carbocycles. The Labute approximate surface area is 110 Å². The van der Waals surface area contributed by atoms with Crippen molar-refractivity contribution in [3.8, 4) is 0 Å². The molecule has 3 unspecified atom stereocenters. The van der Waals surface area contributed by atoms with Crippen LogP contribution in [0.3, 0.4) is 0 Å². The van der Waals surface area contributed by atoms with Crippen molar-refractivity contribution in [1.29, 1.82) is 0 Å². The zero-order valence-corrected chi connectivity index (χ0v) is 12.2. The number of nitrogens with one attached hydrogen (secondary N) is 2. The maximum Gasteiger partial charge on any atom is 0.0825 e. The molecule has 1 heterocycles. The summed E-state index contributed by atoms with van der Waals surface area (Å²) >= 11 is 0. The fourth-order valence-electron chi connectivity index (χ4n) is 4.36. The second-order valence-electron chi connectivity index (χ2n) is 7.12. The summed E-state index contributed by atoms with van der Waals surface area (Å²) in [4.78, 5) is 0. The number of aromatic nitrogens is 2. The molecule has 0 spiro atoms. The summed E-state index contributed by atoms with van der Waals surface area (Å²) in [6, 6.07) is 0.598. The average Bonchev–Trinajstić information content (AvgIpc) is 2.79. The molecular formula is C15H25N3. The summed E-state index contributed by atoms with van der Waals surface area (Å²) in [5.41, 5.74) is 4.38. The molecule has 2 aliphatic rings. The van der Waals surface area contributed by atoms with Crippen LogP contribution >= 0.6 is 0 Å². The maximum absolute atomic E-state index is 4.29. The van der Waals surface area contributed by atoms with E-state index in [2.05, 4.69) is 50.1 Å². The predicted octanol–water partition coefficient (Wildman–Crippen LogP) is 3.65. The van der Waals surface area contributed by atoms with Gasteiger partial charge in [0.25, 0.3) is 0 Å². The van der Waals surface area contributed by atoms with Gasteiger partial charge in [-0.25, -0.2) is 0 Å². The molecule has 0 saturated heterocycles. The minimum Gasteiger partial charge on any atom is -0.379 e. The summed E-state index contributed by atoms with van der Waals surface area (Å²) in [7, 11) is 0. The van der Waals surface area contributed by atoms with Crippen molar-refractivity contribution in [2.24, 2.45) is 16.7 Å². The molecule has 2 aliphatic carbocycles. The van der Waals surface area contributed by atoms with E-state index in [9.17, 15) is 0 Å². The molecule has 1 aromatic rings. The SMILES string of the molecule is Cc1n[nH]c(C)c1NC1CC2CCC1(C)C2(C)C. The number of nitrogens with zero attached hydrogens (tertiary/aromatic N) is 1. The number of fused-ring (bicyclic) bond motifs is 2. The largest absolute Gasteiger partial charge is 0.379 e. The van der Waals surface area contributed by atoms with Crippen LogP contribution in [-0.2, 0) is 0 Å². The van der Waals surface area contributed by atoms with Crippen molar-refractivity contribution in [2.45, 2.75) is 59.9 Å². The number of H-pyrrole nitrogens is 1. The summed E-state index contributed by atoms with van der Waals surface area (Å²) < 4.78 is 0. The number of hydrogen-bond donors (Lipinski definition) is 2. The van der Waals surface area contributed by atoms with Gasteiger partial charge in [0.1, 0.15) is 0 Å². The van der Waals surface area contributed by atoms with Crippen molar-refractivity contribution in [3.05, 3.63) is 11.4 Å². The van der Waals surface area contributed by atoms with Gasteiger partial charge in [-0.1, -0.05) is 20.8 Å². The van der Waals surface area contributed by atoms with Gasteiger partial charge in [0.05, 0.1) is 17.1 Å². The Balaban J connectivity index is 1.88. The van der Waals surface area contributed by atoms with Gasteiger partial charge in [0.2, 0.25) is 0 Å². The van der Waals surface area contributed by atoms with Crippen molar-refractivity contribution < 1.29 is 0 Å². The van der Waals surface area contributed by atoms with Gasteiger partial charge in [-0.3, -0.25) is 5.10 Å². The van der Waals surface area contributed by atoms with Crippen LogP contribution in [0.4, 0.5) is 5.69 Å². The molecule has 1 aromatic heterocycles. The molecule has 100 valence electrons. The van der Waals surface area contributed by atoms with Crippen LogP contribution in [0.1, 0.15) is 51.4 Å². The van der Waals surface area contributed by atoms with E-state index < -0.39 is 0 Å².